The van der Waals surface area contributed by atoms with Gasteiger partial charge in [-0.25, -0.2) is 13.2 Å². The summed E-state index contributed by atoms with van der Waals surface area (Å²) >= 11 is 1.60. The summed E-state index contributed by atoms with van der Waals surface area (Å²) < 4.78 is 117. The van der Waals surface area contributed by atoms with Gasteiger partial charge in [-0.15, -0.1) is 24.5 Å². The lowest BCUT2D eigenvalue weighted by Crippen LogP contribution is -2.25. The number of thiophene rings is 1. The number of hydrogen-bond acceptors (Lipinski definition) is 3. The molecule has 0 radical (unpaired) electrons. The lowest BCUT2D eigenvalue weighted by atomic mass is 10.0. The average Bonchev–Trinajstić information content (AvgIpc) is 3.29. The molecule has 4 aromatic rings. The van der Waals surface area contributed by atoms with E-state index >= 15 is 0 Å². The molecule has 37 heavy (non-hydrogen) atoms. The van der Waals surface area contributed by atoms with E-state index < -0.39 is 47.0 Å². The zero-order chi connectivity index (χ0) is 27.0. The fraction of sp³-hybridized carbons (Fsp3) is 0.154. The second-order valence-corrected chi connectivity index (χ2v) is 8.94. The van der Waals surface area contributed by atoms with Crippen molar-refractivity contribution in [1.29, 1.82) is 0 Å². The molecule has 0 aliphatic heterocycles. The van der Waals surface area contributed by atoms with E-state index in [-0.39, 0.29) is 11.6 Å². The first kappa shape index (κ1) is 26.5. The highest BCUT2D eigenvalue weighted by Gasteiger charge is 2.41. The molecule has 0 bridgehead atoms. The molecule has 1 aromatic heterocycles. The molecule has 0 N–H and O–H groups in total. The number of hydrogen-bond donors (Lipinski definition) is 0. The third-order valence-electron chi connectivity index (χ3n) is 5.22. The molecule has 0 aliphatic carbocycles. The fourth-order valence-electron chi connectivity index (χ4n) is 3.52. The molecule has 0 fully saturated rings. The van der Waals surface area contributed by atoms with E-state index in [1.54, 1.807) is 35.6 Å². The van der Waals surface area contributed by atoms with E-state index in [4.69, 9.17) is 0 Å². The summed E-state index contributed by atoms with van der Waals surface area (Å²) in [5.74, 6) is -7.20. The van der Waals surface area contributed by atoms with Crippen molar-refractivity contribution < 1.29 is 44.6 Å². The van der Waals surface area contributed by atoms with Crippen LogP contribution in [0.5, 0.6) is 11.5 Å². The first-order chi connectivity index (χ1) is 17.4. The van der Waals surface area contributed by atoms with E-state index in [9.17, 15) is 35.1 Å². The molecule has 0 atom stereocenters. The van der Waals surface area contributed by atoms with Crippen LogP contribution >= 0.6 is 11.3 Å². The van der Waals surface area contributed by atoms with Crippen molar-refractivity contribution in [2.45, 2.75) is 25.8 Å². The molecule has 0 amide bonds. The highest BCUT2D eigenvalue weighted by molar-refractivity contribution is 7.15. The van der Waals surface area contributed by atoms with Gasteiger partial charge in [-0.05, 0) is 59.5 Å². The van der Waals surface area contributed by atoms with Crippen LogP contribution in [0.15, 0.2) is 66.7 Å². The lowest BCUT2D eigenvalue weighted by Gasteiger charge is -2.20. The normalized spacial score (nSPS) is 12.0. The maximum atomic E-state index is 14.7. The van der Waals surface area contributed by atoms with Gasteiger partial charge in [-0.1, -0.05) is 31.2 Å². The monoisotopic (exact) mass is 544 g/mol. The molecule has 0 saturated carbocycles. The third-order valence-corrected chi connectivity index (χ3v) is 6.50. The summed E-state index contributed by atoms with van der Waals surface area (Å²) in [6.45, 7) is 2.03. The molecule has 0 unspecified atom stereocenters. The second kappa shape index (κ2) is 10.0. The number of rotatable bonds is 7. The van der Waals surface area contributed by atoms with Gasteiger partial charge in [0.1, 0.15) is 22.9 Å². The summed E-state index contributed by atoms with van der Waals surface area (Å²) in [5.41, 5.74) is -0.507. The highest BCUT2D eigenvalue weighted by Crippen LogP contribution is 2.39. The summed E-state index contributed by atoms with van der Waals surface area (Å²) in [7, 11) is 0. The topological polar surface area (TPSA) is 18.5 Å². The van der Waals surface area contributed by atoms with E-state index in [0.29, 0.717) is 29.8 Å². The molecule has 1 heterocycles. The van der Waals surface area contributed by atoms with Crippen LogP contribution in [0, 0.1) is 17.5 Å². The van der Waals surface area contributed by atoms with Crippen LogP contribution in [0.3, 0.4) is 0 Å². The Morgan fingerprint density at radius 2 is 1.30 bits per heavy atom. The largest absolute Gasteiger partial charge is 0.573 e. The Kier molecular flexibility index (Phi) is 7.18. The van der Waals surface area contributed by atoms with E-state index in [0.717, 1.165) is 16.9 Å². The minimum Gasteiger partial charge on any atom is -0.429 e. The Bertz CT molecular complexity index is 1390. The minimum atomic E-state index is -5.22. The number of benzene rings is 3. The SMILES string of the molecule is CCc1ccc(-c2ccc(-c3cc(F)c(C(F)(F)Oc4ccc(OC(F)(F)F)c(F)c4)c(F)c3)cc2)s1. The predicted molar refractivity (Wildman–Crippen MR) is 122 cm³/mol. The molecule has 0 spiro atoms. The summed E-state index contributed by atoms with van der Waals surface area (Å²) in [6.07, 6.45) is -8.95. The summed E-state index contributed by atoms with van der Waals surface area (Å²) in [4.78, 5) is 2.19. The Morgan fingerprint density at radius 1 is 0.676 bits per heavy atom. The lowest BCUT2D eigenvalue weighted by molar-refractivity contribution is -0.275. The molecule has 2 nitrogen and oxygen atoms in total. The molecular formula is C26H16F8O2S. The third kappa shape index (κ3) is 6.04. The van der Waals surface area contributed by atoms with E-state index in [1.165, 1.54) is 4.88 Å². The highest BCUT2D eigenvalue weighted by atomic mass is 32.1. The van der Waals surface area contributed by atoms with Crippen LogP contribution in [0.2, 0.25) is 0 Å². The van der Waals surface area contributed by atoms with Crippen molar-refractivity contribution >= 4 is 11.3 Å². The zero-order valence-electron chi connectivity index (χ0n) is 18.8. The number of ether oxygens (including phenoxy) is 2. The molecule has 4 rings (SSSR count). The Morgan fingerprint density at radius 3 is 1.84 bits per heavy atom. The Hall–Kier alpha value is -3.60. The smallest absolute Gasteiger partial charge is 0.429 e. The maximum absolute atomic E-state index is 14.7. The number of halogens is 8. The molecular weight excluding hydrogens is 528 g/mol. The van der Waals surface area contributed by atoms with Gasteiger partial charge in [0, 0.05) is 15.8 Å². The van der Waals surface area contributed by atoms with Crippen molar-refractivity contribution in [3.8, 4) is 33.1 Å². The van der Waals surface area contributed by atoms with Gasteiger partial charge < -0.3 is 9.47 Å². The van der Waals surface area contributed by atoms with Crippen molar-refractivity contribution in [3.63, 3.8) is 0 Å². The Balaban J connectivity index is 1.57. The maximum Gasteiger partial charge on any atom is 0.573 e. The van der Waals surface area contributed by atoms with Crippen LogP contribution in [-0.4, -0.2) is 6.36 Å². The summed E-state index contributed by atoms with van der Waals surface area (Å²) in [6, 6.07) is 13.1. The van der Waals surface area contributed by atoms with Gasteiger partial charge in [-0.3, -0.25) is 0 Å². The quantitative estimate of drug-likeness (QED) is 0.216. The van der Waals surface area contributed by atoms with Crippen molar-refractivity contribution in [2.24, 2.45) is 0 Å². The molecule has 194 valence electrons. The van der Waals surface area contributed by atoms with E-state index in [1.807, 2.05) is 19.1 Å². The summed E-state index contributed by atoms with van der Waals surface area (Å²) in [5, 5.41) is 0. The van der Waals surface area contributed by atoms with Crippen LogP contribution < -0.4 is 9.47 Å². The predicted octanol–water partition coefficient (Wildman–Crippen LogP) is 9.09. The van der Waals surface area contributed by atoms with E-state index in [2.05, 4.69) is 9.47 Å². The molecule has 3 aromatic carbocycles. The molecule has 11 heteroatoms. The van der Waals surface area contributed by atoms with Crippen molar-refractivity contribution in [2.75, 3.05) is 0 Å². The van der Waals surface area contributed by atoms with Gasteiger partial charge in [0.25, 0.3) is 0 Å². The van der Waals surface area contributed by atoms with Crippen LogP contribution in [0.1, 0.15) is 17.4 Å². The number of alkyl halides is 5. The standard InChI is InChI=1S/C26H16F8O2S/c1-2-18-8-10-23(37-18)15-5-3-14(4-6-15)16-11-20(28)24(21(29)12-16)25(30,31)35-17-7-9-22(19(27)13-17)36-26(32,33)34/h3-13H,2H2,1H3. The van der Waals surface area contributed by atoms with Gasteiger partial charge in [0.05, 0.1) is 0 Å². The van der Waals surface area contributed by atoms with Gasteiger partial charge in [0.2, 0.25) is 0 Å². The van der Waals surface area contributed by atoms with Crippen molar-refractivity contribution in [3.05, 3.63) is 94.6 Å². The van der Waals surface area contributed by atoms with Gasteiger partial charge in [-0.2, -0.15) is 8.78 Å². The van der Waals surface area contributed by atoms with Gasteiger partial charge >= 0.3 is 12.5 Å². The van der Waals surface area contributed by atoms with Crippen molar-refractivity contribution in [1.82, 2.24) is 0 Å². The average molecular weight is 544 g/mol. The van der Waals surface area contributed by atoms with Gasteiger partial charge in [0.15, 0.2) is 11.6 Å². The minimum absolute atomic E-state index is 0.0128. The first-order valence-electron chi connectivity index (χ1n) is 10.7. The Labute approximate surface area is 209 Å². The zero-order valence-corrected chi connectivity index (χ0v) is 19.6. The molecule has 0 saturated heterocycles. The van der Waals surface area contributed by atoms with Crippen LogP contribution in [0.25, 0.3) is 21.6 Å². The van der Waals surface area contributed by atoms with Crippen LogP contribution in [0.4, 0.5) is 35.1 Å². The fourth-order valence-corrected chi connectivity index (χ4v) is 4.47. The first-order valence-corrected chi connectivity index (χ1v) is 11.5. The number of aryl methyl sites for hydroxylation is 1. The second-order valence-electron chi connectivity index (χ2n) is 7.77. The van der Waals surface area contributed by atoms with Crippen LogP contribution in [-0.2, 0) is 12.5 Å². The molecule has 0 aliphatic rings.